The highest BCUT2D eigenvalue weighted by Gasteiger charge is 2.21. The number of carbonyl (C=O) groups is 1. The number of hydrogen-bond donors (Lipinski definition) is 1. The summed E-state index contributed by atoms with van der Waals surface area (Å²) in [7, 11) is 1.66. The third-order valence-electron chi connectivity index (χ3n) is 4.46. The maximum atomic E-state index is 12.5. The summed E-state index contributed by atoms with van der Waals surface area (Å²) in [6, 6.07) is 9.85. The molecule has 0 spiro atoms. The number of nitrogens with one attached hydrogen (secondary N) is 1. The van der Waals surface area contributed by atoms with Crippen LogP contribution in [0, 0.1) is 5.92 Å². The highest BCUT2D eigenvalue weighted by molar-refractivity contribution is 8.14. The zero-order chi connectivity index (χ0) is 17.3. The van der Waals surface area contributed by atoms with E-state index < -0.39 is 9.05 Å². The number of amides is 2. The van der Waals surface area contributed by atoms with Gasteiger partial charge in [0.1, 0.15) is 0 Å². The van der Waals surface area contributed by atoms with E-state index >= 15 is 0 Å². The number of benzene rings is 2. The molecule has 0 bridgehead atoms. The van der Waals surface area contributed by atoms with E-state index in [1.54, 1.807) is 35.2 Å². The number of piperidine rings is 1. The Bertz CT molecular complexity index is 875. The first-order valence-corrected chi connectivity index (χ1v) is 10.2. The van der Waals surface area contributed by atoms with E-state index in [2.05, 4.69) is 12.2 Å². The highest BCUT2D eigenvalue weighted by atomic mass is 35.7. The molecule has 1 fully saturated rings. The van der Waals surface area contributed by atoms with E-state index in [4.69, 9.17) is 10.7 Å². The van der Waals surface area contributed by atoms with Crippen LogP contribution in [0.25, 0.3) is 10.8 Å². The topological polar surface area (TPSA) is 66.5 Å². The predicted octanol–water partition coefficient (Wildman–Crippen LogP) is 4.03. The molecule has 2 amide bonds. The SMILES string of the molecule is CC1CCN(C(=O)Nc2cccc3c(S(=O)(=O)Cl)cccc23)CC1. The molecule has 0 atom stereocenters. The van der Waals surface area contributed by atoms with Crippen molar-refractivity contribution in [3.63, 3.8) is 0 Å². The highest BCUT2D eigenvalue weighted by Crippen LogP contribution is 2.30. The molecule has 2 aromatic carbocycles. The Labute approximate surface area is 146 Å². The van der Waals surface area contributed by atoms with Gasteiger partial charge in [0.15, 0.2) is 0 Å². The Balaban J connectivity index is 1.92. The molecule has 2 aromatic rings. The number of urea groups is 1. The molecule has 7 heteroatoms. The van der Waals surface area contributed by atoms with Gasteiger partial charge in [-0.25, -0.2) is 13.2 Å². The second-order valence-electron chi connectivity index (χ2n) is 6.19. The Kier molecular flexibility index (Phi) is 4.69. The summed E-state index contributed by atoms with van der Waals surface area (Å²) >= 11 is 0. The lowest BCUT2D eigenvalue weighted by molar-refractivity contribution is 0.186. The van der Waals surface area contributed by atoms with Crippen molar-refractivity contribution >= 4 is 42.2 Å². The molecule has 0 unspecified atom stereocenters. The van der Waals surface area contributed by atoms with Crippen molar-refractivity contribution < 1.29 is 13.2 Å². The number of hydrogen-bond acceptors (Lipinski definition) is 3. The monoisotopic (exact) mass is 366 g/mol. The van der Waals surface area contributed by atoms with Gasteiger partial charge in [0.2, 0.25) is 0 Å². The van der Waals surface area contributed by atoms with Crippen molar-refractivity contribution in [3.8, 4) is 0 Å². The van der Waals surface area contributed by atoms with Crippen molar-refractivity contribution in [3.05, 3.63) is 36.4 Å². The zero-order valence-corrected chi connectivity index (χ0v) is 14.9. The number of nitrogens with zero attached hydrogens (tertiary/aromatic N) is 1. The zero-order valence-electron chi connectivity index (χ0n) is 13.3. The largest absolute Gasteiger partial charge is 0.325 e. The number of rotatable bonds is 2. The molecule has 0 aromatic heterocycles. The van der Waals surface area contributed by atoms with Crippen molar-refractivity contribution in [2.75, 3.05) is 18.4 Å². The Morgan fingerprint density at radius 2 is 1.75 bits per heavy atom. The second kappa shape index (κ2) is 6.61. The predicted molar refractivity (Wildman–Crippen MR) is 96.0 cm³/mol. The van der Waals surface area contributed by atoms with Crippen LogP contribution in [0.3, 0.4) is 0 Å². The maximum absolute atomic E-state index is 12.5. The minimum Gasteiger partial charge on any atom is -0.325 e. The normalized spacial score (nSPS) is 16.3. The average molecular weight is 367 g/mol. The van der Waals surface area contributed by atoms with Crippen LogP contribution >= 0.6 is 10.7 Å². The van der Waals surface area contributed by atoms with E-state index in [0.717, 1.165) is 25.9 Å². The molecular formula is C17H19ClN2O3S. The molecule has 1 N–H and O–H groups in total. The molecule has 0 radical (unpaired) electrons. The summed E-state index contributed by atoms with van der Waals surface area (Å²) in [4.78, 5) is 14.3. The van der Waals surface area contributed by atoms with Gasteiger partial charge in [0.05, 0.1) is 10.6 Å². The molecule has 0 aliphatic carbocycles. The van der Waals surface area contributed by atoms with Crippen LogP contribution in [-0.4, -0.2) is 32.4 Å². The summed E-state index contributed by atoms with van der Waals surface area (Å²) in [6.07, 6.45) is 2.00. The molecule has 5 nitrogen and oxygen atoms in total. The Morgan fingerprint density at radius 1 is 1.12 bits per heavy atom. The lowest BCUT2D eigenvalue weighted by Gasteiger charge is -2.30. The molecule has 128 valence electrons. The first-order chi connectivity index (χ1) is 11.4. The average Bonchev–Trinajstić information content (AvgIpc) is 2.54. The summed E-state index contributed by atoms with van der Waals surface area (Å²) < 4.78 is 23.5. The van der Waals surface area contributed by atoms with Crippen molar-refractivity contribution in [1.29, 1.82) is 0 Å². The summed E-state index contributed by atoms with van der Waals surface area (Å²) in [5.41, 5.74) is 0.582. The molecule has 1 aliphatic rings. The fourth-order valence-corrected chi connectivity index (χ4v) is 4.09. The molecule has 1 heterocycles. The number of likely N-dealkylation sites (tertiary alicyclic amines) is 1. The Hall–Kier alpha value is -1.79. The van der Waals surface area contributed by atoms with Gasteiger partial charge < -0.3 is 10.2 Å². The number of carbonyl (C=O) groups excluding carboxylic acids is 1. The molecule has 0 saturated carbocycles. The number of fused-ring (bicyclic) bond motifs is 1. The van der Waals surface area contributed by atoms with Crippen molar-refractivity contribution in [1.82, 2.24) is 4.90 Å². The summed E-state index contributed by atoms with van der Waals surface area (Å²) in [5.74, 6) is 0.642. The minimum absolute atomic E-state index is 0.0459. The van der Waals surface area contributed by atoms with Crippen LogP contribution < -0.4 is 5.32 Å². The van der Waals surface area contributed by atoms with Crippen LogP contribution in [-0.2, 0) is 9.05 Å². The van der Waals surface area contributed by atoms with E-state index in [9.17, 15) is 13.2 Å². The standard InChI is InChI=1S/C17H19ClN2O3S/c1-12-8-10-20(11-9-12)17(21)19-15-6-2-5-14-13(15)4-3-7-16(14)24(18,22)23/h2-7,12H,8-11H2,1H3,(H,19,21). The Morgan fingerprint density at radius 3 is 2.42 bits per heavy atom. The van der Waals surface area contributed by atoms with Crippen LogP contribution in [0.4, 0.5) is 10.5 Å². The van der Waals surface area contributed by atoms with Gasteiger partial charge in [0.25, 0.3) is 9.05 Å². The van der Waals surface area contributed by atoms with E-state index in [0.29, 0.717) is 22.4 Å². The molecule has 1 aliphatic heterocycles. The quantitative estimate of drug-likeness (QED) is 0.816. The third kappa shape index (κ3) is 3.49. The second-order valence-corrected chi connectivity index (χ2v) is 8.73. The minimum atomic E-state index is -3.85. The first-order valence-electron chi connectivity index (χ1n) is 7.88. The van der Waals surface area contributed by atoms with Gasteiger partial charge in [-0.2, -0.15) is 0 Å². The van der Waals surface area contributed by atoms with Gasteiger partial charge >= 0.3 is 6.03 Å². The third-order valence-corrected chi connectivity index (χ3v) is 5.84. The summed E-state index contributed by atoms with van der Waals surface area (Å²) in [5, 5.41) is 4.05. The maximum Gasteiger partial charge on any atom is 0.321 e. The fourth-order valence-electron chi connectivity index (χ4n) is 3.01. The van der Waals surface area contributed by atoms with Gasteiger partial charge in [-0.15, -0.1) is 0 Å². The van der Waals surface area contributed by atoms with E-state index in [1.807, 2.05) is 0 Å². The molecule has 24 heavy (non-hydrogen) atoms. The summed E-state index contributed by atoms with van der Waals surface area (Å²) in [6.45, 7) is 3.66. The van der Waals surface area contributed by atoms with Crippen molar-refractivity contribution in [2.24, 2.45) is 5.92 Å². The van der Waals surface area contributed by atoms with Crippen LogP contribution in [0.1, 0.15) is 19.8 Å². The van der Waals surface area contributed by atoms with Gasteiger partial charge in [-0.1, -0.05) is 31.2 Å². The molecule has 3 rings (SSSR count). The lowest BCUT2D eigenvalue weighted by atomic mass is 10.00. The molecule has 1 saturated heterocycles. The number of anilines is 1. The van der Waals surface area contributed by atoms with Gasteiger partial charge in [-0.05, 0) is 30.9 Å². The van der Waals surface area contributed by atoms with Crippen LogP contribution in [0.15, 0.2) is 41.3 Å². The number of halogens is 1. The van der Waals surface area contributed by atoms with E-state index in [-0.39, 0.29) is 10.9 Å². The van der Waals surface area contributed by atoms with Crippen LogP contribution in [0.2, 0.25) is 0 Å². The van der Waals surface area contributed by atoms with E-state index in [1.165, 1.54) is 6.07 Å². The fraction of sp³-hybridized carbons (Fsp3) is 0.353. The first kappa shape index (κ1) is 17.0. The van der Waals surface area contributed by atoms with Gasteiger partial charge in [0, 0.05) is 34.5 Å². The van der Waals surface area contributed by atoms with Crippen LogP contribution in [0.5, 0.6) is 0 Å². The smallest absolute Gasteiger partial charge is 0.321 e. The van der Waals surface area contributed by atoms with Crippen molar-refractivity contribution in [2.45, 2.75) is 24.7 Å². The lowest BCUT2D eigenvalue weighted by Crippen LogP contribution is -2.40. The van der Waals surface area contributed by atoms with Gasteiger partial charge in [-0.3, -0.25) is 0 Å². The molecular weight excluding hydrogens is 348 g/mol.